The molecule has 0 unspecified atom stereocenters. The van der Waals surface area contributed by atoms with Gasteiger partial charge in [0.1, 0.15) is 5.82 Å². The van der Waals surface area contributed by atoms with Gasteiger partial charge in [-0.25, -0.2) is 4.39 Å². The van der Waals surface area contributed by atoms with Crippen molar-refractivity contribution < 1.29 is 23.5 Å². The van der Waals surface area contributed by atoms with E-state index in [0.717, 1.165) is 11.3 Å². The number of Topliss-reactive ketones (excluding diaryl/α,β-unsaturated/α-hetero) is 1. The summed E-state index contributed by atoms with van der Waals surface area (Å²) in [5.41, 5.74) is 0.334. The van der Waals surface area contributed by atoms with E-state index >= 15 is 0 Å². The van der Waals surface area contributed by atoms with Gasteiger partial charge in [-0.3, -0.25) is 14.4 Å². The molecule has 0 aliphatic carbocycles. The molecule has 0 aliphatic rings. The second kappa shape index (κ2) is 9.68. The molecule has 0 aliphatic heterocycles. The Bertz CT molecular complexity index is 713. The summed E-state index contributed by atoms with van der Waals surface area (Å²) in [6.07, 6.45) is 0.548. The number of amides is 1. The van der Waals surface area contributed by atoms with E-state index in [4.69, 9.17) is 4.74 Å². The number of halogens is 1. The van der Waals surface area contributed by atoms with Crippen molar-refractivity contribution in [1.82, 2.24) is 5.32 Å². The van der Waals surface area contributed by atoms with E-state index in [1.807, 2.05) is 17.5 Å². The van der Waals surface area contributed by atoms with Crippen LogP contribution in [0.25, 0.3) is 0 Å². The van der Waals surface area contributed by atoms with E-state index in [1.165, 1.54) is 24.3 Å². The minimum absolute atomic E-state index is 0.0511. The van der Waals surface area contributed by atoms with E-state index in [2.05, 4.69) is 5.32 Å². The molecule has 1 N–H and O–H groups in total. The molecule has 0 spiro atoms. The lowest BCUT2D eigenvalue weighted by Gasteiger charge is -2.06. The average molecular weight is 363 g/mol. The van der Waals surface area contributed by atoms with Crippen LogP contribution in [-0.2, 0) is 20.7 Å². The molecule has 2 rings (SSSR count). The zero-order valence-corrected chi connectivity index (χ0v) is 14.3. The molecule has 1 aromatic heterocycles. The van der Waals surface area contributed by atoms with Gasteiger partial charge in [-0.05, 0) is 42.1 Å². The lowest BCUT2D eigenvalue weighted by atomic mass is 10.1. The smallest absolute Gasteiger partial charge is 0.306 e. The molecule has 0 bridgehead atoms. The monoisotopic (exact) mass is 363 g/mol. The first-order chi connectivity index (χ1) is 12.0. The molecular formula is C18H18FNO4S. The van der Waals surface area contributed by atoms with Gasteiger partial charge >= 0.3 is 5.97 Å². The van der Waals surface area contributed by atoms with Gasteiger partial charge in [-0.15, -0.1) is 11.3 Å². The van der Waals surface area contributed by atoms with Crippen LogP contribution in [-0.4, -0.2) is 30.8 Å². The SMILES string of the molecule is O=C(COC(=O)CCC(=O)c1ccc(F)cc1)NCCc1cccs1. The minimum Gasteiger partial charge on any atom is -0.456 e. The third-order valence-electron chi connectivity index (χ3n) is 3.36. The highest BCUT2D eigenvalue weighted by atomic mass is 32.1. The van der Waals surface area contributed by atoms with Crippen LogP contribution in [0.4, 0.5) is 4.39 Å². The molecule has 1 heterocycles. The molecule has 0 radical (unpaired) electrons. The summed E-state index contributed by atoms with van der Waals surface area (Å²) in [5, 5.41) is 4.62. The van der Waals surface area contributed by atoms with Crippen molar-refractivity contribution in [2.75, 3.05) is 13.2 Å². The number of thiophene rings is 1. The topological polar surface area (TPSA) is 72.5 Å². The predicted octanol–water partition coefficient (Wildman–Crippen LogP) is 2.75. The molecule has 0 saturated carbocycles. The van der Waals surface area contributed by atoms with Gasteiger partial charge in [0.25, 0.3) is 5.91 Å². The summed E-state index contributed by atoms with van der Waals surface area (Å²) in [4.78, 5) is 36.2. The number of hydrogen-bond donors (Lipinski definition) is 1. The fourth-order valence-corrected chi connectivity index (χ4v) is 2.75. The maximum absolute atomic E-state index is 12.8. The third-order valence-corrected chi connectivity index (χ3v) is 4.30. The number of ketones is 1. The summed E-state index contributed by atoms with van der Waals surface area (Å²) in [5.74, 6) is -1.71. The second-order valence-electron chi connectivity index (χ2n) is 5.27. The van der Waals surface area contributed by atoms with Gasteiger partial charge in [0.15, 0.2) is 12.4 Å². The molecular weight excluding hydrogens is 345 g/mol. The number of carbonyl (C=O) groups excluding carboxylic acids is 3. The molecule has 25 heavy (non-hydrogen) atoms. The lowest BCUT2D eigenvalue weighted by Crippen LogP contribution is -2.30. The second-order valence-corrected chi connectivity index (χ2v) is 6.30. The van der Waals surface area contributed by atoms with E-state index < -0.39 is 11.8 Å². The highest BCUT2D eigenvalue weighted by Crippen LogP contribution is 2.09. The van der Waals surface area contributed by atoms with Crippen LogP contribution >= 0.6 is 11.3 Å². The van der Waals surface area contributed by atoms with Gasteiger partial charge in [0, 0.05) is 23.4 Å². The fourth-order valence-electron chi connectivity index (χ4n) is 2.04. The molecule has 1 aromatic carbocycles. The Hall–Kier alpha value is -2.54. The van der Waals surface area contributed by atoms with Gasteiger partial charge in [-0.2, -0.15) is 0 Å². The summed E-state index contributed by atoms with van der Waals surface area (Å²) < 4.78 is 17.6. The number of carbonyl (C=O) groups is 3. The van der Waals surface area contributed by atoms with Crippen molar-refractivity contribution in [2.45, 2.75) is 19.3 Å². The Morgan fingerprint density at radius 3 is 2.52 bits per heavy atom. The maximum atomic E-state index is 12.8. The van der Waals surface area contributed by atoms with Crippen LogP contribution in [0.3, 0.4) is 0 Å². The molecule has 7 heteroatoms. The third kappa shape index (κ3) is 6.84. The van der Waals surface area contributed by atoms with E-state index in [0.29, 0.717) is 12.1 Å². The molecule has 1 amide bonds. The number of hydrogen-bond acceptors (Lipinski definition) is 5. The summed E-state index contributed by atoms with van der Waals surface area (Å²) in [7, 11) is 0. The first-order valence-electron chi connectivity index (χ1n) is 7.78. The van der Waals surface area contributed by atoms with Crippen molar-refractivity contribution in [1.29, 1.82) is 0 Å². The van der Waals surface area contributed by atoms with Gasteiger partial charge in [-0.1, -0.05) is 6.07 Å². The highest BCUT2D eigenvalue weighted by Gasteiger charge is 2.12. The normalized spacial score (nSPS) is 10.3. The maximum Gasteiger partial charge on any atom is 0.306 e. The van der Waals surface area contributed by atoms with Crippen LogP contribution in [0.1, 0.15) is 28.1 Å². The zero-order chi connectivity index (χ0) is 18.1. The molecule has 0 fully saturated rings. The van der Waals surface area contributed by atoms with Gasteiger partial charge in [0.2, 0.25) is 0 Å². The lowest BCUT2D eigenvalue weighted by molar-refractivity contribution is -0.148. The van der Waals surface area contributed by atoms with Crippen molar-refractivity contribution in [3.63, 3.8) is 0 Å². The van der Waals surface area contributed by atoms with E-state index in [-0.39, 0.29) is 31.1 Å². The quantitative estimate of drug-likeness (QED) is 0.549. The van der Waals surface area contributed by atoms with Gasteiger partial charge < -0.3 is 10.1 Å². The number of ether oxygens (including phenoxy) is 1. The van der Waals surface area contributed by atoms with Crippen molar-refractivity contribution in [3.05, 3.63) is 58.0 Å². The standard InChI is InChI=1S/C18H18FNO4S/c19-14-5-3-13(4-6-14)16(21)7-8-18(23)24-12-17(22)20-10-9-15-2-1-11-25-15/h1-6,11H,7-10,12H2,(H,20,22). The Balaban J connectivity index is 1.60. The number of rotatable bonds is 9. The zero-order valence-electron chi connectivity index (χ0n) is 13.5. The Labute approximate surface area is 148 Å². The van der Waals surface area contributed by atoms with Crippen LogP contribution in [0.5, 0.6) is 0 Å². The molecule has 132 valence electrons. The van der Waals surface area contributed by atoms with Crippen molar-refractivity contribution >= 4 is 29.0 Å². The molecule has 2 aromatic rings. The first-order valence-corrected chi connectivity index (χ1v) is 8.66. The Morgan fingerprint density at radius 2 is 1.84 bits per heavy atom. The predicted molar refractivity (Wildman–Crippen MR) is 92.0 cm³/mol. The minimum atomic E-state index is -0.621. The van der Waals surface area contributed by atoms with Gasteiger partial charge in [0.05, 0.1) is 6.42 Å². The summed E-state index contributed by atoms with van der Waals surface area (Å²) >= 11 is 1.61. The largest absolute Gasteiger partial charge is 0.456 e. The van der Waals surface area contributed by atoms with Crippen molar-refractivity contribution in [3.8, 4) is 0 Å². The summed E-state index contributed by atoms with van der Waals surface area (Å²) in [6.45, 7) is 0.105. The number of benzene rings is 1. The Kier molecular flexibility index (Phi) is 7.28. The number of nitrogens with one attached hydrogen (secondary N) is 1. The van der Waals surface area contributed by atoms with Crippen LogP contribution in [0.2, 0.25) is 0 Å². The first kappa shape index (κ1) is 18.8. The molecule has 0 saturated heterocycles. The average Bonchev–Trinajstić information content (AvgIpc) is 3.12. The van der Waals surface area contributed by atoms with Crippen LogP contribution < -0.4 is 5.32 Å². The molecule has 0 atom stereocenters. The van der Waals surface area contributed by atoms with Crippen LogP contribution in [0.15, 0.2) is 41.8 Å². The molecule has 5 nitrogen and oxygen atoms in total. The summed E-state index contributed by atoms with van der Waals surface area (Å²) in [6, 6.07) is 9.03. The van der Waals surface area contributed by atoms with Crippen molar-refractivity contribution in [2.24, 2.45) is 0 Å². The number of esters is 1. The highest BCUT2D eigenvalue weighted by molar-refractivity contribution is 7.09. The van der Waals surface area contributed by atoms with Crippen LogP contribution in [0, 0.1) is 5.82 Å². The van der Waals surface area contributed by atoms with E-state index in [9.17, 15) is 18.8 Å². The van der Waals surface area contributed by atoms with E-state index in [1.54, 1.807) is 11.3 Å². The fraction of sp³-hybridized carbons (Fsp3) is 0.278. The Morgan fingerprint density at radius 1 is 1.08 bits per heavy atom.